The first-order valence-corrected chi connectivity index (χ1v) is 8.29. The minimum atomic E-state index is -1.06. The number of carboxylic acids is 1. The highest BCUT2D eigenvalue weighted by molar-refractivity contribution is 5.86. The fourth-order valence-electron chi connectivity index (χ4n) is 2.90. The molecule has 1 aliphatic carbocycles. The van der Waals surface area contributed by atoms with Gasteiger partial charge >= 0.3 is 12.0 Å². The van der Waals surface area contributed by atoms with Crippen LogP contribution in [0.2, 0.25) is 0 Å². The molecule has 5 nitrogen and oxygen atoms in total. The first-order valence-electron chi connectivity index (χ1n) is 8.29. The van der Waals surface area contributed by atoms with Crippen molar-refractivity contribution in [1.29, 1.82) is 0 Å². The zero-order valence-electron chi connectivity index (χ0n) is 13.7. The highest BCUT2D eigenvalue weighted by Crippen LogP contribution is 2.29. The summed E-state index contributed by atoms with van der Waals surface area (Å²) >= 11 is 0. The molecule has 0 aromatic carbocycles. The van der Waals surface area contributed by atoms with Crippen molar-refractivity contribution >= 4 is 12.0 Å². The Morgan fingerprint density at radius 3 is 2.33 bits per heavy atom. The molecule has 0 aromatic rings. The number of rotatable bonds is 7. The van der Waals surface area contributed by atoms with Crippen LogP contribution in [0.4, 0.5) is 4.79 Å². The third-order valence-corrected chi connectivity index (χ3v) is 4.60. The minimum Gasteiger partial charge on any atom is -0.480 e. The molecule has 122 valence electrons. The summed E-state index contributed by atoms with van der Waals surface area (Å²) in [6.07, 6.45) is 6.69. The molecule has 21 heavy (non-hydrogen) atoms. The van der Waals surface area contributed by atoms with Gasteiger partial charge < -0.3 is 15.3 Å². The number of nitrogens with zero attached hydrogens (tertiary/aromatic N) is 1. The summed E-state index contributed by atoms with van der Waals surface area (Å²) in [6.45, 7) is 6.84. The van der Waals surface area contributed by atoms with Gasteiger partial charge in [0.2, 0.25) is 0 Å². The molecule has 0 saturated heterocycles. The minimum absolute atomic E-state index is 0.131. The lowest BCUT2D eigenvalue weighted by Crippen LogP contribution is -2.59. The second-order valence-electron chi connectivity index (χ2n) is 6.18. The van der Waals surface area contributed by atoms with Crippen molar-refractivity contribution in [2.45, 2.75) is 83.7 Å². The third kappa shape index (κ3) is 4.61. The van der Waals surface area contributed by atoms with Gasteiger partial charge in [0.25, 0.3) is 0 Å². The summed E-state index contributed by atoms with van der Waals surface area (Å²) in [6, 6.07) is -0.0897. The first kappa shape index (κ1) is 17.8. The molecule has 0 aromatic heterocycles. The standard InChI is InChI=1S/C16H30N2O3/c1-4-6-12-18(13(3)5-2)15(21)17-16(14(19)20)10-8-7-9-11-16/h13H,4-12H2,1-3H3,(H,17,21)(H,19,20). The molecule has 1 atom stereocenters. The maximum atomic E-state index is 12.6. The summed E-state index contributed by atoms with van der Waals surface area (Å²) in [7, 11) is 0. The average molecular weight is 298 g/mol. The van der Waals surface area contributed by atoms with Crippen molar-refractivity contribution in [3.8, 4) is 0 Å². The van der Waals surface area contributed by atoms with Crippen molar-refractivity contribution in [2.75, 3.05) is 6.54 Å². The lowest BCUT2D eigenvalue weighted by molar-refractivity contribution is -0.146. The summed E-state index contributed by atoms with van der Waals surface area (Å²) in [5.74, 6) is -0.893. The van der Waals surface area contributed by atoms with Gasteiger partial charge in [-0.05, 0) is 32.6 Å². The predicted molar refractivity (Wildman–Crippen MR) is 83.4 cm³/mol. The molecule has 1 rings (SSSR count). The van der Waals surface area contributed by atoms with Crippen molar-refractivity contribution in [3.63, 3.8) is 0 Å². The lowest BCUT2D eigenvalue weighted by Gasteiger charge is -2.37. The number of amides is 2. The molecule has 1 unspecified atom stereocenters. The van der Waals surface area contributed by atoms with E-state index in [-0.39, 0.29) is 12.1 Å². The highest BCUT2D eigenvalue weighted by Gasteiger charge is 2.42. The van der Waals surface area contributed by atoms with E-state index in [9.17, 15) is 14.7 Å². The summed E-state index contributed by atoms with van der Waals surface area (Å²) in [5.41, 5.74) is -1.06. The van der Waals surface area contributed by atoms with Crippen molar-refractivity contribution in [1.82, 2.24) is 10.2 Å². The Balaban J connectivity index is 2.79. The van der Waals surface area contributed by atoms with E-state index in [2.05, 4.69) is 12.2 Å². The number of carbonyl (C=O) groups is 2. The van der Waals surface area contributed by atoms with Crippen LogP contribution in [0.1, 0.15) is 72.1 Å². The number of carboxylic acid groups (broad SMARTS) is 1. The molecule has 0 aliphatic heterocycles. The zero-order chi connectivity index (χ0) is 15.9. The fraction of sp³-hybridized carbons (Fsp3) is 0.875. The van der Waals surface area contributed by atoms with Gasteiger partial charge in [0, 0.05) is 12.6 Å². The van der Waals surface area contributed by atoms with Crippen LogP contribution in [-0.2, 0) is 4.79 Å². The number of urea groups is 1. The molecule has 1 saturated carbocycles. The van der Waals surface area contributed by atoms with E-state index in [1.807, 2.05) is 13.8 Å². The Hall–Kier alpha value is -1.26. The van der Waals surface area contributed by atoms with Crippen molar-refractivity contribution < 1.29 is 14.7 Å². The highest BCUT2D eigenvalue weighted by atomic mass is 16.4. The van der Waals surface area contributed by atoms with E-state index >= 15 is 0 Å². The molecule has 5 heteroatoms. The molecule has 1 fully saturated rings. The number of aliphatic carboxylic acids is 1. The zero-order valence-corrected chi connectivity index (χ0v) is 13.7. The second kappa shape index (κ2) is 8.25. The first-order chi connectivity index (χ1) is 9.96. The van der Waals surface area contributed by atoms with E-state index < -0.39 is 11.5 Å². The molecule has 2 N–H and O–H groups in total. The molecule has 0 bridgehead atoms. The van der Waals surface area contributed by atoms with Gasteiger partial charge in [-0.15, -0.1) is 0 Å². The lowest BCUT2D eigenvalue weighted by atomic mass is 9.82. The van der Waals surface area contributed by atoms with Crippen LogP contribution >= 0.6 is 0 Å². The Kier molecular flexibility index (Phi) is 6.99. The van der Waals surface area contributed by atoms with Crippen LogP contribution in [-0.4, -0.2) is 40.1 Å². The van der Waals surface area contributed by atoms with Gasteiger partial charge in [-0.2, -0.15) is 0 Å². The van der Waals surface area contributed by atoms with Crippen LogP contribution in [0.25, 0.3) is 0 Å². The number of unbranched alkanes of at least 4 members (excludes halogenated alkanes) is 1. The van der Waals surface area contributed by atoms with Gasteiger partial charge in [0.15, 0.2) is 0 Å². The Labute approximate surface area is 128 Å². The number of carbonyl (C=O) groups excluding carboxylic acids is 1. The normalized spacial score (nSPS) is 18.8. The maximum absolute atomic E-state index is 12.6. The van der Waals surface area contributed by atoms with Gasteiger partial charge in [-0.25, -0.2) is 9.59 Å². The predicted octanol–water partition coefficient (Wildman–Crippen LogP) is 3.38. The van der Waals surface area contributed by atoms with Gasteiger partial charge in [0.1, 0.15) is 5.54 Å². The van der Waals surface area contributed by atoms with E-state index in [0.29, 0.717) is 19.4 Å². The average Bonchev–Trinajstić information content (AvgIpc) is 2.48. The molecule has 0 radical (unpaired) electrons. The van der Waals surface area contributed by atoms with Gasteiger partial charge in [0.05, 0.1) is 0 Å². The number of hydrogen-bond donors (Lipinski definition) is 2. The second-order valence-corrected chi connectivity index (χ2v) is 6.18. The molecular weight excluding hydrogens is 268 g/mol. The SMILES string of the molecule is CCCCN(C(=O)NC1(C(=O)O)CCCCC1)C(C)CC. The van der Waals surface area contributed by atoms with Gasteiger partial charge in [-0.1, -0.05) is 39.5 Å². The molecule has 1 aliphatic rings. The summed E-state index contributed by atoms with van der Waals surface area (Å²) in [4.78, 5) is 26.0. The molecule has 0 spiro atoms. The maximum Gasteiger partial charge on any atom is 0.329 e. The topological polar surface area (TPSA) is 69.6 Å². The Bertz CT molecular complexity index is 351. The Morgan fingerprint density at radius 2 is 1.86 bits per heavy atom. The summed E-state index contributed by atoms with van der Waals surface area (Å²) < 4.78 is 0. The smallest absolute Gasteiger partial charge is 0.329 e. The van der Waals surface area contributed by atoms with E-state index in [1.165, 1.54) is 0 Å². The van der Waals surface area contributed by atoms with Crippen molar-refractivity contribution in [2.24, 2.45) is 0 Å². The Morgan fingerprint density at radius 1 is 1.24 bits per heavy atom. The number of hydrogen-bond acceptors (Lipinski definition) is 2. The quantitative estimate of drug-likeness (QED) is 0.757. The number of nitrogens with one attached hydrogen (secondary N) is 1. The third-order valence-electron chi connectivity index (χ3n) is 4.60. The molecule has 2 amide bonds. The van der Waals surface area contributed by atoms with E-state index in [4.69, 9.17) is 0 Å². The monoisotopic (exact) mass is 298 g/mol. The van der Waals surface area contributed by atoms with Gasteiger partial charge in [-0.3, -0.25) is 0 Å². The van der Waals surface area contributed by atoms with E-state index in [0.717, 1.165) is 38.5 Å². The molecule has 0 heterocycles. The van der Waals surface area contributed by atoms with Crippen LogP contribution in [0.5, 0.6) is 0 Å². The van der Waals surface area contributed by atoms with Crippen LogP contribution in [0.3, 0.4) is 0 Å². The summed E-state index contributed by atoms with van der Waals surface area (Å²) in [5, 5.41) is 12.4. The van der Waals surface area contributed by atoms with Crippen LogP contribution < -0.4 is 5.32 Å². The van der Waals surface area contributed by atoms with E-state index in [1.54, 1.807) is 4.90 Å². The fourth-order valence-corrected chi connectivity index (χ4v) is 2.90. The van der Waals surface area contributed by atoms with Crippen molar-refractivity contribution in [3.05, 3.63) is 0 Å². The largest absolute Gasteiger partial charge is 0.480 e. The van der Waals surface area contributed by atoms with Crippen LogP contribution in [0, 0.1) is 0 Å². The van der Waals surface area contributed by atoms with Crippen LogP contribution in [0.15, 0.2) is 0 Å². The molecular formula is C16H30N2O3.